The van der Waals surface area contributed by atoms with E-state index in [1.54, 1.807) is 38.5 Å². The number of rotatable bonds is 2. The van der Waals surface area contributed by atoms with Crippen LogP contribution in [0.15, 0.2) is 0 Å². The van der Waals surface area contributed by atoms with Crippen LogP contribution in [0.1, 0.15) is 51.9 Å². The summed E-state index contributed by atoms with van der Waals surface area (Å²) in [5.74, 6) is 3.39. The van der Waals surface area contributed by atoms with Crippen LogP contribution in [0.2, 0.25) is 0 Å². The minimum atomic E-state index is 0.795. The van der Waals surface area contributed by atoms with Crippen LogP contribution in [0.3, 0.4) is 0 Å². The van der Waals surface area contributed by atoms with Gasteiger partial charge in [-0.15, -0.1) is 0 Å². The highest BCUT2D eigenvalue weighted by Gasteiger charge is 2.49. The first kappa shape index (κ1) is 8.32. The van der Waals surface area contributed by atoms with Gasteiger partial charge in [0.25, 0.3) is 0 Å². The summed E-state index contributed by atoms with van der Waals surface area (Å²) in [6.45, 7) is 2.25. The maximum atomic E-state index is 2.42. The van der Waals surface area contributed by atoms with E-state index in [1.165, 1.54) is 6.42 Å². The molecule has 0 N–H and O–H groups in total. The van der Waals surface area contributed by atoms with Gasteiger partial charge in [-0.2, -0.15) is 0 Å². The lowest BCUT2D eigenvalue weighted by Crippen LogP contribution is -2.45. The quantitative estimate of drug-likeness (QED) is 0.601. The van der Waals surface area contributed by atoms with Gasteiger partial charge < -0.3 is 0 Å². The van der Waals surface area contributed by atoms with Crippen molar-refractivity contribution in [2.24, 2.45) is 23.2 Å². The fourth-order valence-electron chi connectivity index (χ4n) is 4.97. The monoisotopic (exact) mass is 177 g/mol. The van der Waals surface area contributed by atoms with Crippen molar-refractivity contribution in [2.45, 2.75) is 51.9 Å². The molecule has 0 aliphatic heterocycles. The SMILES string of the molecule is C[CH]CC12CC3CC(CC(C3)C1)C2. The summed E-state index contributed by atoms with van der Waals surface area (Å²) in [7, 11) is 0. The van der Waals surface area contributed by atoms with Crippen molar-refractivity contribution in [1.29, 1.82) is 0 Å². The summed E-state index contributed by atoms with van der Waals surface area (Å²) in [6, 6.07) is 0. The van der Waals surface area contributed by atoms with Gasteiger partial charge in [-0.3, -0.25) is 0 Å². The molecule has 4 aliphatic carbocycles. The zero-order valence-corrected chi connectivity index (χ0v) is 8.76. The van der Waals surface area contributed by atoms with E-state index < -0.39 is 0 Å². The number of hydrogen-bond donors (Lipinski definition) is 0. The Morgan fingerprint density at radius 2 is 1.46 bits per heavy atom. The van der Waals surface area contributed by atoms with Crippen LogP contribution in [0, 0.1) is 29.6 Å². The minimum Gasteiger partial charge on any atom is -0.0622 e. The molecule has 0 aromatic rings. The van der Waals surface area contributed by atoms with Crippen LogP contribution < -0.4 is 0 Å². The van der Waals surface area contributed by atoms with Crippen molar-refractivity contribution in [1.82, 2.24) is 0 Å². The normalized spacial score (nSPS) is 52.8. The first-order valence-electron chi connectivity index (χ1n) is 6.07. The average molecular weight is 177 g/mol. The zero-order chi connectivity index (χ0) is 8.89. The first-order valence-corrected chi connectivity index (χ1v) is 6.07. The predicted octanol–water partition coefficient (Wildman–Crippen LogP) is 3.82. The lowest BCUT2D eigenvalue weighted by Gasteiger charge is -2.57. The van der Waals surface area contributed by atoms with Crippen molar-refractivity contribution in [3.05, 3.63) is 6.42 Å². The molecule has 0 saturated heterocycles. The second-order valence-corrected chi connectivity index (χ2v) is 6.03. The van der Waals surface area contributed by atoms with E-state index in [0.717, 1.165) is 23.2 Å². The third-order valence-corrected chi connectivity index (χ3v) is 4.80. The lowest BCUT2D eigenvalue weighted by atomic mass is 9.49. The molecule has 4 fully saturated rings. The molecule has 0 atom stereocenters. The Hall–Kier alpha value is 0. The highest BCUT2D eigenvalue weighted by Crippen LogP contribution is 2.61. The molecule has 4 aliphatic rings. The van der Waals surface area contributed by atoms with E-state index in [-0.39, 0.29) is 0 Å². The Morgan fingerprint density at radius 3 is 1.85 bits per heavy atom. The summed E-state index contributed by atoms with van der Waals surface area (Å²) in [5, 5.41) is 0. The standard InChI is InChI=1S/C13H21/c1-2-3-13-7-10-4-11(8-13)6-12(5-10)9-13/h2,10-12H,3-9H2,1H3. The molecule has 0 nitrogen and oxygen atoms in total. The zero-order valence-electron chi connectivity index (χ0n) is 8.76. The average Bonchev–Trinajstić information content (AvgIpc) is 2.00. The third kappa shape index (κ3) is 1.25. The molecule has 0 amide bonds. The molecule has 0 spiro atoms. The molecule has 0 heteroatoms. The first-order chi connectivity index (χ1) is 6.30. The Balaban J connectivity index is 1.83. The van der Waals surface area contributed by atoms with Crippen LogP contribution in [-0.4, -0.2) is 0 Å². The molecule has 4 bridgehead atoms. The van der Waals surface area contributed by atoms with Crippen LogP contribution in [0.25, 0.3) is 0 Å². The fraction of sp³-hybridized carbons (Fsp3) is 0.923. The Labute approximate surface area is 82.1 Å². The van der Waals surface area contributed by atoms with E-state index in [4.69, 9.17) is 0 Å². The lowest BCUT2D eigenvalue weighted by molar-refractivity contribution is -0.0526. The Morgan fingerprint density at radius 1 is 1.00 bits per heavy atom. The van der Waals surface area contributed by atoms with Gasteiger partial charge in [0.2, 0.25) is 0 Å². The van der Waals surface area contributed by atoms with Gasteiger partial charge in [-0.25, -0.2) is 0 Å². The van der Waals surface area contributed by atoms with Crippen molar-refractivity contribution in [3.8, 4) is 0 Å². The van der Waals surface area contributed by atoms with E-state index in [0.29, 0.717) is 0 Å². The molecule has 13 heavy (non-hydrogen) atoms. The molecule has 0 unspecified atom stereocenters. The van der Waals surface area contributed by atoms with Gasteiger partial charge in [-0.05, 0) is 74.5 Å². The van der Waals surface area contributed by atoms with E-state index in [2.05, 4.69) is 13.3 Å². The molecule has 0 aromatic carbocycles. The summed E-state index contributed by atoms with van der Waals surface area (Å²) >= 11 is 0. The van der Waals surface area contributed by atoms with E-state index in [9.17, 15) is 0 Å². The van der Waals surface area contributed by atoms with Crippen molar-refractivity contribution < 1.29 is 0 Å². The summed E-state index contributed by atoms with van der Waals surface area (Å²) < 4.78 is 0. The van der Waals surface area contributed by atoms with Gasteiger partial charge >= 0.3 is 0 Å². The van der Waals surface area contributed by atoms with Gasteiger partial charge in [0.15, 0.2) is 0 Å². The van der Waals surface area contributed by atoms with Crippen LogP contribution in [0.5, 0.6) is 0 Å². The number of hydrogen-bond acceptors (Lipinski definition) is 0. The maximum Gasteiger partial charge on any atom is -0.0287 e. The van der Waals surface area contributed by atoms with Crippen LogP contribution in [0.4, 0.5) is 0 Å². The van der Waals surface area contributed by atoms with Crippen LogP contribution in [-0.2, 0) is 0 Å². The Kier molecular flexibility index (Phi) is 1.76. The molecule has 4 saturated carbocycles. The molecule has 73 valence electrons. The van der Waals surface area contributed by atoms with Gasteiger partial charge in [0.05, 0.1) is 0 Å². The second-order valence-electron chi connectivity index (χ2n) is 6.03. The van der Waals surface area contributed by atoms with E-state index >= 15 is 0 Å². The highest BCUT2D eigenvalue weighted by atomic mass is 14.5. The topological polar surface area (TPSA) is 0 Å². The predicted molar refractivity (Wildman–Crippen MR) is 55.2 cm³/mol. The fourth-order valence-corrected chi connectivity index (χ4v) is 4.97. The second kappa shape index (κ2) is 2.74. The molecular weight excluding hydrogens is 156 g/mol. The largest absolute Gasteiger partial charge is 0.0622 e. The smallest absolute Gasteiger partial charge is 0.0287 e. The molecule has 4 rings (SSSR count). The Bertz CT molecular complexity index is 169. The van der Waals surface area contributed by atoms with E-state index in [1.807, 2.05) is 0 Å². The summed E-state index contributed by atoms with van der Waals surface area (Å²) in [6.07, 6.45) is 13.3. The van der Waals surface area contributed by atoms with Crippen molar-refractivity contribution >= 4 is 0 Å². The van der Waals surface area contributed by atoms with Crippen molar-refractivity contribution in [3.63, 3.8) is 0 Å². The minimum absolute atomic E-state index is 0.795. The highest BCUT2D eigenvalue weighted by molar-refractivity contribution is 5.02. The molecular formula is C13H21. The van der Waals surface area contributed by atoms with Gasteiger partial charge in [0, 0.05) is 0 Å². The van der Waals surface area contributed by atoms with Crippen molar-refractivity contribution in [2.75, 3.05) is 0 Å². The van der Waals surface area contributed by atoms with Gasteiger partial charge in [-0.1, -0.05) is 6.92 Å². The molecule has 0 aromatic heterocycles. The molecule has 1 radical (unpaired) electrons. The third-order valence-electron chi connectivity index (χ3n) is 4.80. The van der Waals surface area contributed by atoms with Gasteiger partial charge in [0.1, 0.15) is 0 Å². The van der Waals surface area contributed by atoms with Crippen LogP contribution >= 0.6 is 0 Å². The molecule has 0 heterocycles. The maximum absolute atomic E-state index is 2.42. The summed E-state index contributed by atoms with van der Waals surface area (Å²) in [5.41, 5.74) is 0.795. The summed E-state index contributed by atoms with van der Waals surface area (Å²) in [4.78, 5) is 0.